The number of rotatable bonds is 6. The van der Waals surface area contributed by atoms with Crippen LogP contribution in [-0.4, -0.2) is 17.9 Å². The molecule has 0 aliphatic rings. The Balaban J connectivity index is 3.75. The van der Waals surface area contributed by atoms with Gasteiger partial charge in [0.15, 0.2) is 0 Å². The highest BCUT2D eigenvalue weighted by molar-refractivity contribution is 6.18. The minimum Gasteiger partial charge on any atom is -0.400 e. The van der Waals surface area contributed by atoms with Crippen molar-refractivity contribution in [2.75, 3.05) is 11.8 Å². The normalized spacial score (nSPS) is 9.29. The average Bonchev–Trinajstić information content (AvgIpc) is 2.03. The molecule has 0 aliphatic heterocycles. The molecule has 0 saturated heterocycles. The zero-order valence-electron chi connectivity index (χ0n) is 7.72. The summed E-state index contributed by atoms with van der Waals surface area (Å²) < 4.78 is 9.33. The van der Waals surface area contributed by atoms with E-state index in [0.717, 1.165) is 0 Å². The first kappa shape index (κ1) is 13.3. The topological polar surface area (TPSA) is 35.5 Å². The van der Waals surface area contributed by atoms with Gasteiger partial charge in [0.25, 0.3) is 0 Å². The number of halogens is 2. The predicted octanol–water partition coefficient (Wildman–Crippen LogP) is 3.42. The van der Waals surface area contributed by atoms with Crippen LogP contribution in [-0.2, 0) is 9.47 Å². The third-order valence-electron chi connectivity index (χ3n) is 1.20. The number of hydrogen-bond acceptors (Lipinski definition) is 3. The van der Waals surface area contributed by atoms with E-state index >= 15 is 0 Å². The predicted molar refractivity (Wildman–Crippen MR) is 56.5 cm³/mol. The van der Waals surface area contributed by atoms with Crippen LogP contribution in [0.3, 0.4) is 0 Å². The fourth-order valence-corrected chi connectivity index (χ4v) is 0.991. The van der Waals surface area contributed by atoms with E-state index in [1.807, 2.05) is 0 Å². The van der Waals surface area contributed by atoms with Gasteiger partial charge < -0.3 is 9.47 Å². The van der Waals surface area contributed by atoms with Gasteiger partial charge in [-0.1, -0.05) is 13.2 Å². The molecule has 0 aromatic rings. The molecule has 0 radical (unpaired) electrons. The van der Waals surface area contributed by atoms with E-state index in [9.17, 15) is 4.79 Å². The maximum Gasteiger partial charge on any atom is 0.518 e. The SMILES string of the molecule is C=C(CCCl)OC(=O)OC(=C)CCCl. The Labute approximate surface area is 93.3 Å². The molecule has 0 aromatic carbocycles. The van der Waals surface area contributed by atoms with E-state index in [1.165, 1.54) is 0 Å². The first-order valence-electron chi connectivity index (χ1n) is 3.97. The van der Waals surface area contributed by atoms with Crippen LogP contribution in [0.5, 0.6) is 0 Å². The summed E-state index contributed by atoms with van der Waals surface area (Å²) in [6.45, 7) is 6.95. The summed E-state index contributed by atoms with van der Waals surface area (Å²) in [6.07, 6.45) is -0.0488. The van der Waals surface area contributed by atoms with Crippen molar-refractivity contribution in [2.24, 2.45) is 0 Å². The van der Waals surface area contributed by atoms with Crippen molar-refractivity contribution >= 4 is 29.4 Å². The van der Waals surface area contributed by atoms with Crippen molar-refractivity contribution in [3.63, 3.8) is 0 Å². The van der Waals surface area contributed by atoms with Gasteiger partial charge in [0.2, 0.25) is 0 Å². The van der Waals surface area contributed by atoms with Gasteiger partial charge in [-0.05, 0) is 0 Å². The molecule has 5 heteroatoms. The fourth-order valence-electron chi connectivity index (χ4n) is 0.569. The molecular formula is C9H12Cl2O3. The van der Waals surface area contributed by atoms with Gasteiger partial charge in [-0.15, -0.1) is 23.2 Å². The molecule has 0 rings (SSSR count). The van der Waals surface area contributed by atoms with Crippen LogP contribution in [0.25, 0.3) is 0 Å². The smallest absolute Gasteiger partial charge is 0.400 e. The van der Waals surface area contributed by atoms with Crippen molar-refractivity contribution in [1.29, 1.82) is 0 Å². The van der Waals surface area contributed by atoms with E-state index in [4.69, 9.17) is 23.2 Å². The molecule has 0 spiro atoms. The van der Waals surface area contributed by atoms with Crippen LogP contribution in [0.1, 0.15) is 12.8 Å². The molecule has 0 aliphatic carbocycles. The zero-order chi connectivity index (χ0) is 11.0. The minimum atomic E-state index is -0.852. The Hall–Kier alpha value is -0.670. The largest absolute Gasteiger partial charge is 0.518 e. The minimum absolute atomic E-state index is 0.267. The maximum absolute atomic E-state index is 11.0. The van der Waals surface area contributed by atoms with Gasteiger partial charge in [-0.25, -0.2) is 4.79 Å². The second kappa shape index (κ2) is 7.71. The molecule has 0 aromatic heterocycles. The summed E-state index contributed by atoms with van der Waals surface area (Å²) >= 11 is 10.8. The van der Waals surface area contributed by atoms with Crippen molar-refractivity contribution in [1.82, 2.24) is 0 Å². The third-order valence-corrected chi connectivity index (χ3v) is 1.58. The number of ether oxygens (including phenoxy) is 2. The summed E-state index contributed by atoms with van der Waals surface area (Å²) in [5.74, 6) is 1.22. The fraction of sp³-hybridized carbons (Fsp3) is 0.444. The van der Waals surface area contributed by atoms with E-state index in [1.54, 1.807) is 0 Å². The van der Waals surface area contributed by atoms with Gasteiger partial charge in [0.1, 0.15) is 11.5 Å². The number of carbonyl (C=O) groups is 1. The van der Waals surface area contributed by atoms with Crippen LogP contribution in [0.2, 0.25) is 0 Å². The molecule has 3 nitrogen and oxygen atoms in total. The molecule has 0 N–H and O–H groups in total. The summed E-state index contributed by atoms with van der Waals surface area (Å²) in [5.41, 5.74) is 0. The quantitative estimate of drug-likeness (QED) is 0.404. The first-order chi connectivity index (χ1) is 6.60. The van der Waals surface area contributed by atoms with Crippen LogP contribution < -0.4 is 0 Å². The van der Waals surface area contributed by atoms with Crippen molar-refractivity contribution in [3.8, 4) is 0 Å². The highest BCUT2D eigenvalue weighted by Crippen LogP contribution is 2.08. The molecule has 80 valence electrons. The van der Waals surface area contributed by atoms with Gasteiger partial charge in [0.05, 0.1) is 0 Å². The van der Waals surface area contributed by atoms with E-state index in [0.29, 0.717) is 24.6 Å². The Bertz CT molecular complexity index is 204. The van der Waals surface area contributed by atoms with Crippen molar-refractivity contribution in [3.05, 3.63) is 24.7 Å². The molecule has 0 bridgehead atoms. The lowest BCUT2D eigenvalue weighted by molar-refractivity contribution is 0.0992. The monoisotopic (exact) mass is 238 g/mol. The summed E-state index contributed by atoms with van der Waals surface area (Å²) in [7, 11) is 0. The van der Waals surface area contributed by atoms with E-state index < -0.39 is 6.16 Å². The Morgan fingerprint density at radius 1 is 1.00 bits per heavy atom. The highest BCUT2D eigenvalue weighted by Gasteiger charge is 2.08. The Morgan fingerprint density at radius 3 is 1.64 bits per heavy atom. The molecule has 14 heavy (non-hydrogen) atoms. The van der Waals surface area contributed by atoms with Crippen molar-refractivity contribution < 1.29 is 14.3 Å². The number of allylic oxidation sites excluding steroid dienone is 2. The van der Waals surface area contributed by atoms with E-state index in [2.05, 4.69) is 22.6 Å². The molecule has 0 unspecified atom stereocenters. The summed E-state index contributed by atoms with van der Waals surface area (Å²) in [4.78, 5) is 11.0. The standard InChI is InChI=1S/C9H12Cl2O3/c1-7(3-5-10)13-9(12)14-8(2)4-6-11/h1-6H2. The second-order valence-electron chi connectivity index (χ2n) is 2.41. The number of alkyl halides is 2. The molecular weight excluding hydrogens is 227 g/mol. The summed E-state index contributed by atoms with van der Waals surface area (Å²) in [6, 6.07) is 0. The van der Waals surface area contributed by atoms with Gasteiger partial charge in [0, 0.05) is 24.6 Å². The number of carbonyl (C=O) groups excluding carboxylic acids is 1. The lowest BCUT2D eigenvalue weighted by atomic mass is 10.4. The molecule has 0 amide bonds. The van der Waals surface area contributed by atoms with Crippen molar-refractivity contribution in [2.45, 2.75) is 12.8 Å². The Morgan fingerprint density at radius 2 is 1.36 bits per heavy atom. The second-order valence-corrected chi connectivity index (χ2v) is 3.17. The Kier molecular flexibility index (Phi) is 7.34. The van der Waals surface area contributed by atoms with Crippen LogP contribution in [0, 0.1) is 0 Å². The highest BCUT2D eigenvalue weighted by atomic mass is 35.5. The van der Waals surface area contributed by atoms with Crippen LogP contribution in [0.4, 0.5) is 4.79 Å². The molecule has 0 atom stereocenters. The number of hydrogen-bond donors (Lipinski definition) is 0. The van der Waals surface area contributed by atoms with Gasteiger partial charge >= 0.3 is 6.16 Å². The van der Waals surface area contributed by atoms with Crippen LogP contribution in [0.15, 0.2) is 24.7 Å². The average molecular weight is 239 g/mol. The summed E-state index contributed by atoms with van der Waals surface area (Å²) in [5, 5.41) is 0. The molecule has 0 saturated carbocycles. The lowest BCUT2D eigenvalue weighted by Gasteiger charge is -2.07. The van der Waals surface area contributed by atoms with Crippen LogP contribution >= 0.6 is 23.2 Å². The van der Waals surface area contributed by atoms with Gasteiger partial charge in [-0.2, -0.15) is 0 Å². The lowest BCUT2D eigenvalue weighted by Crippen LogP contribution is -2.07. The molecule has 0 heterocycles. The van der Waals surface area contributed by atoms with E-state index in [-0.39, 0.29) is 11.5 Å². The first-order valence-corrected chi connectivity index (χ1v) is 5.04. The zero-order valence-corrected chi connectivity index (χ0v) is 9.24. The third kappa shape index (κ3) is 6.80. The maximum atomic E-state index is 11.0. The molecule has 0 fully saturated rings. The van der Waals surface area contributed by atoms with Gasteiger partial charge in [-0.3, -0.25) is 0 Å².